The average molecular weight is 467 g/mol. The molecule has 4 rings (SSSR count). The van der Waals surface area contributed by atoms with Gasteiger partial charge >= 0.3 is 0 Å². The molecule has 9 heteroatoms. The highest BCUT2D eigenvalue weighted by Crippen LogP contribution is 2.28. The van der Waals surface area contributed by atoms with E-state index in [-0.39, 0.29) is 23.9 Å². The van der Waals surface area contributed by atoms with Crippen molar-refractivity contribution in [3.05, 3.63) is 86.2 Å². The molecule has 32 heavy (non-hydrogen) atoms. The summed E-state index contributed by atoms with van der Waals surface area (Å²) in [6.07, 6.45) is 1.32. The summed E-state index contributed by atoms with van der Waals surface area (Å²) in [5.74, 6) is -0.689. The van der Waals surface area contributed by atoms with Crippen molar-refractivity contribution < 1.29 is 9.59 Å². The molecule has 0 radical (unpaired) electrons. The molecule has 0 bridgehead atoms. The predicted molar refractivity (Wildman–Crippen MR) is 128 cm³/mol. The van der Waals surface area contributed by atoms with Crippen LogP contribution in [0.4, 0.5) is 11.4 Å². The maximum Gasteiger partial charge on any atom is 0.266 e. The van der Waals surface area contributed by atoms with Gasteiger partial charge in [0.05, 0.1) is 16.6 Å². The van der Waals surface area contributed by atoms with Gasteiger partial charge in [0.1, 0.15) is 11.4 Å². The van der Waals surface area contributed by atoms with Gasteiger partial charge in [-0.1, -0.05) is 35.9 Å². The molecule has 2 N–H and O–H groups in total. The SMILES string of the molecule is Cc1ccccc1NC(=O)c1sc2ncn(CC(=O)Nc3cccc(Cl)c3)c(=O)c2c1C. The zero-order chi connectivity index (χ0) is 22.8. The van der Waals surface area contributed by atoms with Gasteiger partial charge in [-0.15, -0.1) is 11.3 Å². The number of benzene rings is 2. The first-order chi connectivity index (χ1) is 15.3. The van der Waals surface area contributed by atoms with Gasteiger partial charge in [-0.3, -0.25) is 19.0 Å². The van der Waals surface area contributed by atoms with E-state index in [0.717, 1.165) is 16.9 Å². The average Bonchev–Trinajstić information content (AvgIpc) is 3.09. The first-order valence-electron chi connectivity index (χ1n) is 9.74. The van der Waals surface area contributed by atoms with Crippen molar-refractivity contribution in [2.45, 2.75) is 20.4 Å². The maximum atomic E-state index is 13.0. The van der Waals surface area contributed by atoms with Crippen molar-refractivity contribution in [1.29, 1.82) is 0 Å². The Labute approximate surface area is 192 Å². The number of thiophene rings is 1. The first-order valence-corrected chi connectivity index (χ1v) is 10.9. The zero-order valence-corrected chi connectivity index (χ0v) is 18.9. The van der Waals surface area contributed by atoms with Crippen LogP contribution in [0.3, 0.4) is 0 Å². The molecule has 7 nitrogen and oxygen atoms in total. The molecule has 0 atom stereocenters. The number of carbonyl (C=O) groups is 2. The Bertz CT molecular complexity index is 1410. The third-order valence-corrected chi connectivity index (χ3v) is 6.37. The van der Waals surface area contributed by atoms with Crippen LogP contribution in [-0.2, 0) is 11.3 Å². The van der Waals surface area contributed by atoms with Crippen LogP contribution in [0.15, 0.2) is 59.7 Å². The molecule has 0 spiro atoms. The molecule has 4 aromatic rings. The number of nitrogens with one attached hydrogen (secondary N) is 2. The van der Waals surface area contributed by atoms with Crippen molar-refractivity contribution in [2.24, 2.45) is 0 Å². The minimum Gasteiger partial charge on any atom is -0.324 e. The Hall–Kier alpha value is -3.49. The fourth-order valence-electron chi connectivity index (χ4n) is 3.30. The van der Waals surface area contributed by atoms with Crippen molar-refractivity contribution in [3.8, 4) is 0 Å². The van der Waals surface area contributed by atoms with Crippen molar-refractivity contribution in [2.75, 3.05) is 10.6 Å². The summed E-state index contributed by atoms with van der Waals surface area (Å²) in [7, 11) is 0. The fourth-order valence-corrected chi connectivity index (χ4v) is 4.53. The van der Waals surface area contributed by atoms with Gasteiger partial charge in [-0.05, 0) is 49.2 Å². The summed E-state index contributed by atoms with van der Waals surface area (Å²) >= 11 is 7.09. The molecule has 0 saturated heterocycles. The van der Waals surface area contributed by atoms with Gasteiger partial charge in [-0.25, -0.2) is 4.98 Å². The highest BCUT2D eigenvalue weighted by molar-refractivity contribution is 7.20. The molecule has 0 unspecified atom stereocenters. The molecule has 162 valence electrons. The van der Waals surface area contributed by atoms with Crippen molar-refractivity contribution >= 4 is 56.3 Å². The van der Waals surface area contributed by atoms with E-state index in [9.17, 15) is 14.4 Å². The Morgan fingerprint density at radius 1 is 1.09 bits per heavy atom. The van der Waals surface area contributed by atoms with E-state index in [1.165, 1.54) is 10.9 Å². The molecule has 0 aliphatic carbocycles. The number of amides is 2. The molecule has 2 amide bonds. The Balaban J connectivity index is 1.59. The minimum absolute atomic E-state index is 0.214. The number of aryl methyl sites for hydroxylation is 2. The second kappa shape index (κ2) is 8.94. The summed E-state index contributed by atoms with van der Waals surface area (Å²) in [6.45, 7) is 3.40. The van der Waals surface area contributed by atoms with Crippen LogP contribution < -0.4 is 16.2 Å². The number of nitrogens with zero attached hydrogens (tertiary/aromatic N) is 2. The van der Waals surface area contributed by atoms with Gasteiger partial charge in [-0.2, -0.15) is 0 Å². The third-order valence-electron chi connectivity index (χ3n) is 4.94. The van der Waals surface area contributed by atoms with Crippen molar-refractivity contribution in [1.82, 2.24) is 9.55 Å². The summed E-state index contributed by atoms with van der Waals surface area (Å²) in [5.41, 5.74) is 2.34. The highest BCUT2D eigenvalue weighted by atomic mass is 35.5. The quantitative estimate of drug-likeness (QED) is 0.449. The normalized spacial score (nSPS) is 10.8. The van der Waals surface area contributed by atoms with E-state index in [1.54, 1.807) is 31.2 Å². The highest BCUT2D eigenvalue weighted by Gasteiger charge is 2.20. The lowest BCUT2D eigenvalue weighted by Crippen LogP contribution is -2.28. The molecule has 0 saturated carbocycles. The molecule has 0 fully saturated rings. The largest absolute Gasteiger partial charge is 0.324 e. The van der Waals surface area contributed by atoms with E-state index in [0.29, 0.717) is 37.1 Å². The van der Waals surface area contributed by atoms with E-state index in [4.69, 9.17) is 11.6 Å². The number of para-hydroxylation sites is 1. The smallest absolute Gasteiger partial charge is 0.266 e. The Morgan fingerprint density at radius 3 is 2.62 bits per heavy atom. The van der Waals surface area contributed by atoms with E-state index in [1.807, 2.05) is 31.2 Å². The number of hydrogen-bond donors (Lipinski definition) is 2. The molecule has 2 aromatic carbocycles. The lowest BCUT2D eigenvalue weighted by atomic mass is 10.2. The molecule has 0 aliphatic heterocycles. The van der Waals surface area contributed by atoms with Crippen LogP contribution in [0.5, 0.6) is 0 Å². The van der Waals surface area contributed by atoms with Crippen LogP contribution in [0.25, 0.3) is 10.2 Å². The molecule has 0 aliphatic rings. The number of anilines is 2. The van der Waals surface area contributed by atoms with E-state index < -0.39 is 0 Å². The topological polar surface area (TPSA) is 93.1 Å². The number of hydrogen-bond acceptors (Lipinski definition) is 5. The van der Waals surface area contributed by atoms with E-state index in [2.05, 4.69) is 15.6 Å². The zero-order valence-electron chi connectivity index (χ0n) is 17.3. The fraction of sp³-hybridized carbons (Fsp3) is 0.130. The second-order valence-electron chi connectivity index (χ2n) is 7.24. The van der Waals surface area contributed by atoms with Crippen LogP contribution in [0.2, 0.25) is 5.02 Å². The number of halogens is 1. The van der Waals surface area contributed by atoms with Crippen LogP contribution in [0, 0.1) is 13.8 Å². The van der Waals surface area contributed by atoms with Gasteiger partial charge in [0, 0.05) is 16.4 Å². The Morgan fingerprint density at radius 2 is 1.88 bits per heavy atom. The number of aromatic nitrogens is 2. The standard InChI is InChI=1S/C23H19ClN4O3S/c1-13-6-3-4-9-17(13)27-21(30)20-14(2)19-22(32-20)25-12-28(23(19)31)11-18(29)26-16-8-5-7-15(24)10-16/h3-10,12H,11H2,1-2H3,(H,26,29)(H,27,30). The monoisotopic (exact) mass is 466 g/mol. The van der Waals surface area contributed by atoms with Gasteiger partial charge in [0.2, 0.25) is 5.91 Å². The summed E-state index contributed by atoms with van der Waals surface area (Å²) in [4.78, 5) is 43.5. The van der Waals surface area contributed by atoms with Crippen molar-refractivity contribution in [3.63, 3.8) is 0 Å². The summed E-state index contributed by atoms with van der Waals surface area (Å²) < 4.78 is 1.23. The summed E-state index contributed by atoms with van der Waals surface area (Å²) in [6, 6.07) is 14.2. The first kappa shape index (κ1) is 21.7. The lowest BCUT2D eigenvalue weighted by molar-refractivity contribution is -0.116. The maximum absolute atomic E-state index is 13.0. The lowest BCUT2D eigenvalue weighted by Gasteiger charge is -2.08. The van der Waals surface area contributed by atoms with E-state index >= 15 is 0 Å². The van der Waals surface area contributed by atoms with Crippen LogP contribution in [0.1, 0.15) is 20.8 Å². The predicted octanol–water partition coefficient (Wildman–Crippen LogP) is 4.62. The minimum atomic E-state index is -0.388. The second-order valence-corrected chi connectivity index (χ2v) is 8.68. The van der Waals surface area contributed by atoms with Crippen LogP contribution >= 0.6 is 22.9 Å². The number of rotatable bonds is 5. The molecule has 2 aromatic heterocycles. The van der Waals surface area contributed by atoms with Gasteiger partial charge in [0.15, 0.2) is 0 Å². The van der Waals surface area contributed by atoms with Crippen LogP contribution in [-0.4, -0.2) is 21.4 Å². The number of carbonyl (C=O) groups excluding carboxylic acids is 2. The summed E-state index contributed by atoms with van der Waals surface area (Å²) in [5, 5.41) is 6.42. The third kappa shape index (κ3) is 4.42. The molecular weight excluding hydrogens is 448 g/mol. The Kier molecular flexibility index (Phi) is 6.07. The number of fused-ring (bicyclic) bond motifs is 1. The molecular formula is C23H19ClN4O3S. The van der Waals surface area contributed by atoms with Gasteiger partial charge in [0.25, 0.3) is 11.5 Å². The molecule has 2 heterocycles. The van der Waals surface area contributed by atoms with Gasteiger partial charge < -0.3 is 10.6 Å².